The Bertz CT molecular complexity index is 352. The first-order chi connectivity index (χ1) is 9.11. The molecular weight excluding hydrogens is 252 g/mol. The van der Waals surface area contributed by atoms with E-state index in [0.29, 0.717) is 32.7 Å². The Hall–Kier alpha value is -1.22. The maximum Gasteiger partial charge on any atom is 0.263 e. The minimum Gasteiger partial charge on any atom is -0.378 e. The van der Waals surface area contributed by atoms with Gasteiger partial charge >= 0.3 is 0 Å². The third-order valence-corrected chi connectivity index (χ3v) is 3.55. The lowest BCUT2D eigenvalue weighted by Crippen LogP contribution is -2.54. The molecule has 2 rings (SSSR count). The smallest absolute Gasteiger partial charge is 0.263 e. The van der Waals surface area contributed by atoms with E-state index in [-0.39, 0.29) is 12.0 Å². The zero-order chi connectivity index (χ0) is 13.8. The van der Waals surface area contributed by atoms with E-state index in [4.69, 9.17) is 21.1 Å². The van der Waals surface area contributed by atoms with Crippen LogP contribution >= 0.6 is 0 Å². The molecule has 0 bridgehead atoms. The maximum absolute atomic E-state index is 11.4. The van der Waals surface area contributed by atoms with Crippen LogP contribution in [0.3, 0.4) is 0 Å². The zero-order valence-corrected chi connectivity index (χ0v) is 10.7. The molecule has 2 amide bonds. The van der Waals surface area contributed by atoms with Crippen LogP contribution in [0.25, 0.3) is 0 Å². The molecule has 2 heterocycles. The molecule has 19 heavy (non-hydrogen) atoms. The van der Waals surface area contributed by atoms with Gasteiger partial charge in [-0.25, -0.2) is 5.84 Å². The number of morpholine rings is 1. The molecule has 2 aliphatic rings. The number of nitrogens with zero attached hydrogens (tertiary/aromatic N) is 1. The maximum atomic E-state index is 11.4. The highest BCUT2D eigenvalue weighted by atomic mass is 16.5. The van der Waals surface area contributed by atoms with Gasteiger partial charge in [0.1, 0.15) is 12.1 Å². The topological polar surface area (TPSA) is 120 Å². The Kier molecular flexibility index (Phi) is 4.70. The van der Waals surface area contributed by atoms with Gasteiger partial charge in [-0.1, -0.05) is 0 Å². The van der Waals surface area contributed by atoms with Gasteiger partial charge < -0.3 is 15.2 Å². The van der Waals surface area contributed by atoms with E-state index in [1.165, 1.54) is 0 Å². The summed E-state index contributed by atoms with van der Waals surface area (Å²) in [7, 11) is 0. The normalized spacial score (nSPS) is 32.2. The molecule has 8 heteroatoms. The van der Waals surface area contributed by atoms with Crippen molar-refractivity contribution in [2.45, 2.75) is 31.1 Å². The minimum atomic E-state index is -0.497. The van der Waals surface area contributed by atoms with Crippen LogP contribution in [0.2, 0.25) is 0 Å². The number of hydrogen-bond acceptors (Lipinski definition) is 6. The molecule has 0 aromatic rings. The molecule has 0 radical (unpaired) electrons. The molecule has 3 unspecified atom stereocenters. The molecule has 3 atom stereocenters. The SMILES string of the molecule is NNC(=O)C1CCC(CN2CCOCC2C(N)=O)O1. The fourth-order valence-electron chi connectivity index (χ4n) is 2.51. The number of ether oxygens (including phenoxy) is 2. The second kappa shape index (κ2) is 6.29. The van der Waals surface area contributed by atoms with E-state index in [0.717, 1.165) is 6.42 Å². The molecular formula is C11H20N4O4. The van der Waals surface area contributed by atoms with E-state index >= 15 is 0 Å². The predicted molar refractivity (Wildman–Crippen MR) is 65.6 cm³/mol. The van der Waals surface area contributed by atoms with E-state index in [9.17, 15) is 9.59 Å². The molecule has 5 N–H and O–H groups in total. The quantitative estimate of drug-likeness (QED) is 0.301. The molecule has 8 nitrogen and oxygen atoms in total. The first kappa shape index (κ1) is 14.2. The van der Waals surface area contributed by atoms with Crippen molar-refractivity contribution in [3.8, 4) is 0 Å². The molecule has 108 valence electrons. The van der Waals surface area contributed by atoms with Gasteiger partial charge in [0.2, 0.25) is 5.91 Å². The molecule has 2 aliphatic heterocycles. The van der Waals surface area contributed by atoms with Crippen LogP contribution in [0.15, 0.2) is 0 Å². The van der Waals surface area contributed by atoms with Crippen LogP contribution in [-0.2, 0) is 19.1 Å². The highest BCUT2D eigenvalue weighted by Crippen LogP contribution is 2.22. The van der Waals surface area contributed by atoms with Crippen molar-refractivity contribution in [1.82, 2.24) is 10.3 Å². The number of carbonyl (C=O) groups excluding carboxylic acids is 2. The third kappa shape index (κ3) is 3.41. The molecule has 0 aromatic carbocycles. The van der Waals surface area contributed by atoms with Gasteiger partial charge in [0.25, 0.3) is 5.91 Å². The summed E-state index contributed by atoms with van der Waals surface area (Å²) in [6.45, 7) is 2.10. The van der Waals surface area contributed by atoms with Gasteiger partial charge in [-0.3, -0.25) is 19.9 Å². The average Bonchev–Trinajstić information content (AvgIpc) is 2.86. The summed E-state index contributed by atoms with van der Waals surface area (Å²) < 4.78 is 10.9. The number of rotatable bonds is 4. The highest BCUT2D eigenvalue weighted by molar-refractivity contribution is 5.80. The van der Waals surface area contributed by atoms with Crippen LogP contribution < -0.4 is 17.0 Å². The Labute approximate surface area is 111 Å². The lowest BCUT2D eigenvalue weighted by Gasteiger charge is -2.34. The highest BCUT2D eigenvalue weighted by Gasteiger charge is 2.35. The Morgan fingerprint density at radius 3 is 2.84 bits per heavy atom. The number of amides is 2. The second-order valence-electron chi connectivity index (χ2n) is 4.82. The second-order valence-corrected chi connectivity index (χ2v) is 4.82. The van der Waals surface area contributed by atoms with Crippen molar-refractivity contribution in [2.24, 2.45) is 11.6 Å². The Morgan fingerprint density at radius 2 is 2.16 bits per heavy atom. The number of hydrazine groups is 1. The average molecular weight is 272 g/mol. The first-order valence-electron chi connectivity index (χ1n) is 6.39. The molecule has 0 aromatic heterocycles. The third-order valence-electron chi connectivity index (χ3n) is 3.55. The standard InChI is InChI=1S/C11H20N4O4/c12-10(16)8-6-18-4-3-15(8)5-7-1-2-9(19-7)11(17)14-13/h7-9H,1-6,13H2,(H2,12,16)(H,14,17). The van der Waals surface area contributed by atoms with E-state index in [1.807, 2.05) is 4.90 Å². The summed E-state index contributed by atoms with van der Waals surface area (Å²) in [5.74, 6) is 4.37. The number of nitrogens with one attached hydrogen (secondary N) is 1. The Morgan fingerprint density at radius 1 is 1.37 bits per heavy atom. The molecule has 0 saturated carbocycles. The van der Waals surface area contributed by atoms with E-state index in [1.54, 1.807) is 0 Å². The number of nitrogens with two attached hydrogens (primary N) is 2. The number of carbonyl (C=O) groups is 2. The van der Waals surface area contributed by atoms with Gasteiger partial charge in [0, 0.05) is 13.1 Å². The summed E-state index contributed by atoms with van der Waals surface area (Å²) in [6.07, 6.45) is 0.825. The number of hydrogen-bond donors (Lipinski definition) is 3. The summed E-state index contributed by atoms with van der Waals surface area (Å²) in [4.78, 5) is 24.6. The van der Waals surface area contributed by atoms with Crippen molar-refractivity contribution >= 4 is 11.8 Å². The van der Waals surface area contributed by atoms with Crippen LogP contribution in [0.5, 0.6) is 0 Å². The lowest BCUT2D eigenvalue weighted by atomic mass is 10.1. The van der Waals surface area contributed by atoms with Gasteiger partial charge in [0.15, 0.2) is 0 Å². The fraction of sp³-hybridized carbons (Fsp3) is 0.818. The van der Waals surface area contributed by atoms with Crippen molar-refractivity contribution < 1.29 is 19.1 Å². The van der Waals surface area contributed by atoms with Gasteiger partial charge in [0.05, 0.1) is 19.3 Å². The molecule has 2 saturated heterocycles. The lowest BCUT2D eigenvalue weighted by molar-refractivity contribution is -0.136. The summed E-state index contributed by atoms with van der Waals surface area (Å²) >= 11 is 0. The Balaban J connectivity index is 1.87. The molecule has 0 spiro atoms. The summed E-state index contributed by atoms with van der Waals surface area (Å²) in [5, 5.41) is 0. The van der Waals surface area contributed by atoms with Gasteiger partial charge in [-0.2, -0.15) is 0 Å². The van der Waals surface area contributed by atoms with Crippen molar-refractivity contribution in [1.29, 1.82) is 0 Å². The zero-order valence-electron chi connectivity index (χ0n) is 10.7. The van der Waals surface area contributed by atoms with Crippen LogP contribution in [0.1, 0.15) is 12.8 Å². The summed E-state index contributed by atoms with van der Waals surface area (Å²) in [5.41, 5.74) is 7.43. The van der Waals surface area contributed by atoms with E-state index in [2.05, 4.69) is 5.43 Å². The van der Waals surface area contributed by atoms with Gasteiger partial charge in [-0.15, -0.1) is 0 Å². The molecule has 0 aliphatic carbocycles. The monoisotopic (exact) mass is 272 g/mol. The van der Waals surface area contributed by atoms with Crippen LogP contribution in [-0.4, -0.2) is 61.3 Å². The van der Waals surface area contributed by atoms with Crippen molar-refractivity contribution in [2.75, 3.05) is 26.3 Å². The van der Waals surface area contributed by atoms with Crippen LogP contribution in [0.4, 0.5) is 0 Å². The van der Waals surface area contributed by atoms with Crippen LogP contribution in [0, 0.1) is 0 Å². The predicted octanol–water partition coefficient (Wildman–Crippen LogP) is -2.29. The van der Waals surface area contributed by atoms with Gasteiger partial charge in [-0.05, 0) is 12.8 Å². The number of primary amides is 1. The van der Waals surface area contributed by atoms with Crippen molar-refractivity contribution in [3.63, 3.8) is 0 Å². The van der Waals surface area contributed by atoms with Crippen molar-refractivity contribution in [3.05, 3.63) is 0 Å². The summed E-state index contributed by atoms with van der Waals surface area (Å²) in [6, 6.07) is -0.417. The minimum absolute atomic E-state index is 0.0813. The molecule has 2 fully saturated rings. The first-order valence-corrected chi connectivity index (χ1v) is 6.39. The largest absolute Gasteiger partial charge is 0.378 e. The van der Waals surface area contributed by atoms with E-state index < -0.39 is 18.1 Å². The fourth-order valence-corrected chi connectivity index (χ4v) is 2.51.